The van der Waals surface area contributed by atoms with E-state index in [2.05, 4.69) is 0 Å². The van der Waals surface area contributed by atoms with Gasteiger partial charge in [-0.25, -0.2) is 0 Å². The molecule has 0 heterocycles. The van der Waals surface area contributed by atoms with E-state index in [0.717, 1.165) is 28.3 Å². The van der Waals surface area contributed by atoms with Crippen LogP contribution in [0.25, 0.3) is 11.1 Å². The third-order valence-corrected chi connectivity index (χ3v) is 5.95. The molecule has 0 radical (unpaired) electrons. The predicted octanol–water partition coefficient (Wildman–Crippen LogP) is 4.11. The molecule has 0 unspecified atom stereocenters. The van der Waals surface area contributed by atoms with Crippen molar-refractivity contribution in [3.05, 3.63) is 94.0 Å². The number of rotatable bonds is 5. The molecule has 1 aliphatic rings. The molecule has 0 fully saturated rings. The minimum atomic E-state index is -4.11. The van der Waals surface area contributed by atoms with Crippen LogP contribution in [0.15, 0.2) is 77.7 Å². The molecule has 1 aliphatic carbocycles. The van der Waals surface area contributed by atoms with Crippen LogP contribution in [0.4, 0.5) is 5.69 Å². The van der Waals surface area contributed by atoms with Crippen LogP contribution in [0.5, 0.6) is 0 Å². The van der Waals surface area contributed by atoms with E-state index in [0.29, 0.717) is 0 Å². The van der Waals surface area contributed by atoms with Crippen LogP contribution in [0.2, 0.25) is 0 Å². The molecule has 27 heavy (non-hydrogen) atoms. The van der Waals surface area contributed by atoms with Gasteiger partial charge in [0.05, 0.1) is 11.5 Å². The quantitative estimate of drug-likeness (QED) is 0.377. The van der Waals surface area contributed by atoms with Crippen LogP contribution in [-0.4, -0.2) is 19.9 Å². The third-order valence-electron chi connectivity index (χ3n) is 4.67. The number of hydrogen-bond acceptors (Lipinski definition) is 5. The molecular weight excluding hydrogens is 366 g/mol. The first kappa shape index (κ1) is 17.4. The van der Waals surface area contributed by atoms with Crippen molar-refractivity contribution in [2.24, 2.45) is 0 Å². The zero-order valence-electron chi connectivity index (χ0n) is 14.1. The largest absolute Gasteiger partial charge is 0.297 e. The highest BCUT2D eigenvalue weighted by Gasteiger charge is 2.30. The molecule has 0 aliphatic heterocycles. The molecule has 0 N–H and O–H groups in total. The van der Waals surface area contributed by atoms with Crippen molar-refractivity contribution < 1.29 is 17.5 Å². The van der Waals surface area contributed by atoms with Gasteiger partial charge in [0.25, 0.3) is 15.8 Å². The molecule has 4 rings (SSSR count). The number of benzene rings is 3. The Bertz CT molecular complexity index is 1090. The lowest BCUT2D eigenvalue weighted by atomic mass is 9.98. The average Bonchev–Trinajstić information content (AvgIpc) is 3.00. The summed E-state index contributed by atoms with van der Waals surface area (Å²) in [5.74, 6) is -0.217. The van der Waals surface area contributed by atoms with E-state index in [-0.39, 0.29) is 23.1 Å². The summed E-state index contributed by atoms with van der Waals surface area (Å²) in [5.41, 5.74) is 3.85. The Labute approximate surface area is 156 Å². The molecular formula is C20H15NO5S. The number of nitro benzene ring substituents is 1. The Balaban J connectivity index is 1.64. The molecule has 3 aromatic rings. The smallest absolute Gasteiger partial charge is 0.265 e. The fourth-order valence-corrected chi connectivity index (χ4v) is 4.38. The molecule has 0 bridgehead atoms. The number of nitrogens with zero attached hydrogens (tertiary/aromatic N) is 1. The second kappa shape index (κ2) is 6.61. The molecule has 0 atom stereocenters. The van der Waals surface area contributed by atoms with Gasteiger partial charge >= 0.3 is 0 Å². The van der Waals surface area contributed by atoms with Crippen molar-refractivity contribution in [2.75, 3.05) is 6.61 Å². The summed E-state index contributed by atoms with van der Waals surface area (Å²) in [4.78, 5) is 10.0. The van der Waals surface area contributed by atoms with Gasteiger partial charge in [0.2, 0.25) is 0 Å². The van der Waals surface area contributed by atoms with Gasteiger partial charge < -0.3 is 0 Å². The first-order chi connectivity index (χ1) is 13.0. The standard InChI is InChI=1S/C20H15NO5S/c22-21(23)14-6-5-7-15(12-14)27(24,25)26-13-20-18-10-3-1-8-16(18)17-9-2-4-11-19(17)20/h1-12,20H,13H2. The van der Waals surface area contributed by atoms with E-state index in [1.54, 1.807) is 0 Å². The van der Waals surface area contributed by atoms with Gasteiger partial charge in [-0.1, -0.05) is 54.6 Å². The Kier molecular flexibility index (Phi) is 4.25. The molecule has 0 spiro atoms. The number of non-ortho nitro benzene ring substituents is 1. The van der Waals surface area contributed by atoms with Crippen LogP contribution >= 0.6 is 0 Å². The van der Waals surface area contributed by atoms with E-state index in [1.807, 2.05) is 48.5 Å². The lowest BCUT2D eigenvalue weighted by Gasteiger charge is -2.14. The first-order valence-electron chi connectivity index (χ1n) is 8.29. The van der Waals surface area contributed by atoms with E-state index < -0.39 is 15.0 Å². The highest BCUT2D eigenvalue weighted by molar-refractivity contribution is 7.86. The van der Waals surface area contributed by atoms with Gasteiger partial charge in [0.15, 0.2) is 0 Å². The van der Waals surface area contributed by atoms with Crippen molar-refractivity contribution in [2.45, 2.75) is 10.8 Å². The monoisotopic (exact) mass is 381 g/mol. The topological polar surface area (TPSA) is 86.5 Å². The normalized spacial score (nSPS) is 13.2. The van der Waals surface area contributed by atoms with Crippen molar-refractivity contribution in [3.8, 4) is 11.1 Å². The van der Waals surface area contributed by atoms with Crippen LogP contribution < -0.4 is 0 Å². The SMILES string of the molecule is O=[N+]([O-])c1cccc(S(=O)(=O)OCC2c3ccccc3-c3ccccc32)c1. The maximum atomic E-state index is 12.5. The van der Waals surface area contributed by atoms with Crippen molar-refractivity contribution in [3.63, 3.8) is 0 Å². The van der Waals surface area contributed by atoms with Crippen molar-refractivity contribution in [1.29, 1.82) is 0 Å². The number of hydrogen-bond donors (Lipinski definition) is 0. The molecule has 7 heteroatoms. The highest BCUT2D eigenvalue weighted by atomic mass is 32.2. The Hall–Kier alpha value is -3.03. The van der Waals surface area contributed by atoms with Gasteiger partial charge in [0, 0.05) is 18.1 Å². The lowest BCUT2D eigenvalue weighted by molar-refractivity contribution is -0.385. The third kappa shape index (κ3) is 3.11. The second-order valence-corrected chi connectivity index (χ2v) is 7.84. The van der Waals surface area contributed by atoms with Gasteiger partial charge in [-0.2, -0.15) is 8.42 Å². The summed E-state index contributed by atoms with van der Waals surface area (Å²) < 4.78 is 30.4. The molecule has 136 valence electrons. The van der Waals surface area contributed by atoms with Crippen LogP contribution in [0.3, 0.4) is 0 Å². The average molecular weight is 381 g/mol. The van der Waals surface area contributed by atoms with E-state index in [4.69, 9.17) is 4.18 Å². The van der Waals surface area contributed by atoms with Gasteiger partial charge in [-0.15, -0.1) is 0 Å². The summed E-state index contributed by atoms with van der Waals surface area (Å²) in [6.07, 6.45) is 0. The zero-order chi connectivity index (χ0) is 19.0. The number of nitro groups is 1. The summed E-state index contributed by atoms with van der Waals surface area (Å²) in [7, 11) is -4.11. The molecule has 0 saturated heterocycles. The molecule has 0 aromatic heterocycles. The summed E-state index contributed by atoms with van der Waals surface area (Å²) >= 11 is 0. The van der Waals surface area contributed by atoms with Crippen LogP contribution in [0, 0.1) is 10.1 Å². The summed E-state index contributed by atoms with van der Waals surface area (Å²) in [6, 6.07) is 20.5. The van der Waals surface area contributed by atoms with Crippen molar-refractivity contribution >= 4 is 15.8 Å². The van der Waals surface area contributed by atoms with Gasteiger partial charge in [0.1, 0.15) is 4.90 Å². The zero-order valence-corrected chi connectivity index (χ0v) is 14.9. The van der Waals surface area contributed by atoms with E-state index in [1.165, 1.54) is 18.2 Å². The van der Waals surface area contributed by atoms with Gasteiger partial charge in [-0.3, -0.25) is 14.3 Å². The predicted molar refractivity (Wildman–Crippen MR) is 100.0 cm³/mol. The molecule has 3 aromatic carbocycles. The van der Waals surface area contributed by atoms with E-state index >= 15 is 0 Å². The van der Waals surface area contributed by atoms with Crippen molar-refractivity contribution in [1.82, 2.24) is 0 Å². The molecule has 0 amide bonds. The molecule has 6 nitrogen and oxygen atoms in total. The molecule has 0 saturated carbocycles. The Morgan fingerprint density at radius 3 is 2.07 bits per heavy atom. The highest BCUT2D eigenvalue weighted by Crippen LogP contribution is 2.44. The minimum absolute atomic E-state index is 0.0704. The Morgan fingerprint density at radius 2 is 1.48 bits per heavy atom. The van der Waals surface area contributed by atoms with Gasteiger partial charge in [-0.05, 0) is 28.3 Å². The summed E-state index contributed by atoms with van der Waals surface area (Å²) in [5, 5.41) is 10.9. The lowest BCUT2D eigenvalue weighted by Crippen LogP contribution is -2.13. The van der Waals surface area contributed by atoms with Crippen LogP contribution in [-0.2, 0) is 14.3 Å². The first-order valence-corrected chi connectivity index (χ1v) is 9.70. The minimum Gasteiger partial charge on any atom is -0.265 e. The maximum absolute atomic E-state index is 12.5. The number of fused-ring (bicyclic) bond motifs is 3. The second-order valence-electron chi connectivity index (χ2n) is 6.22. The maximum Gasteiger partial charge on any atom is 0.297 e. The fraction of sp³-hybridized carbons (Fsp3) is 0.100. The van der Waals surface area contributed by atoms with Crippen LogP contribution in [0.1, 0.15) is 17.0 Å². The Morgan fingerprint density at radius 1 is 0.889 bits per heavy atom. The summed E-state index contributed by atoms with van der Waals surface area (Å²) in [6.45, 7) is -0.0704. The fourth-order valence-electron chi connectivity index (χ4n) is 3.42. The van der Waals surface area contributed by atoms with E-state index in [9.17, 15) is 18.5 Å².